The number of fused-ring (bicyclic) bond motifs is 2. The van der Waals surface area contributed by atoms with E-state index < -0.39 is 0 Å². The van der Waals surface area contributed by atoms with Crippen molar-refractivity contribution in [3.05, 3.63) is 130 Å². The van der Waals surface area contributed by atoms with E-state index in [9.17, 15) is 19.2 Å². The van der Waals surface area contributed by atoms with Crippen LogP contribution in [-0.4, -0.2) is 23.6 Å². The Morgan fingerprint density at radius 3 is 1.00 bits per heavy atom. The fourth-order valence-electron chi connectivity index (χ4n) is 7.76. The summed E-state index contributed by atoms with van der Waals surface area (Å²) in [5, 5.41) is 6.43. The lowest BCUT2D eigenvalue weighted by atomic mass is 9.82. The van der Waals surface area contributed by atoms with E-state index in [1.54, 1.807) is 24.3 Å². The zero-order chi connectivity index (χ0) is 31.4. The number of nitrogens with zero attached hydrogens (tertiary/aromatic N) is 2. The molecule has 0 aromatic heterocycles. The molecule has 2 aliphatic heterocycles. The molecule has 0 spiro atoms. The maximum Gasteiger partial charge on any atom is 0.265 e. The van der Waals surface area contributed by atoms with Gasteiger partial charge in [-0.2, -0.15) is 0 Å². The van der Waals surface area contributed by atoms with E-state index in [0.717, 1.165) is 43.4 Å². The molecule has 0 N–H and O–H groups in total. The van der Waals surface area contributed by atoms with Crippen LogP contribution in [0.15, 0.2) is 97.1 Å². The van der Waals surface area contributed by atoms with Crippen molar-refractivity contribution >= 4 is 78.1 Å². The first-order valence-electron chi connectivity index (χ1n) is 15.6. The fourth-order valence-corrected chi connectivity index (χ4v) is 7.76. The number of amides is 4. The molecule has 0 saturated carbocycles. The highest BCUT2D eigenvalue weighted by Gasteiger charge is 2.38. The second-order valence-corrected chi connectivity index (χ2v) is 12.0. The second-order valence-electron chi connectivity index (χ2n) is 12.0. The highest BCUT2D eigenvalue weighted by molar-refractivity contribution is 6.45. The minimum absolute atomic E-state index is 0.346. The van der Waals surface area contributed by atoms with Crippen LogP contribution in [0.1, 0.15) is 66.4 Å². The summed E-state index contributed by atoms with van der Waals surface area (Å²) in [7, 11) is 0. The van der Waals surface area contributed by atoms with Crippen molar-refractivity contribution in [1.82, 2.24) is 0 Å². The van der Waals surface area contributed by atoms with Crippen molar-refractivity contribution in [1.29, 1.82) is 0 Å². The first kappa shape index (κ1) is 26.5. The summed E-state index contributed by atoms with van der Waals surface area (Å²) in [4.78, 5) is 58.9. The van der Waals surface area contributed by atoms with Crippen LogP contribution in [0.5, 0.6) is 0 Å². The van der Waals surface area contributed by atoms with Crippen LogP contribution in [0.25, 0.3) is 43.1 Å². The molecule has 7 aromatic carbocycles. The van der Waals surface area contributed by atoms with Gasteiger partial charge in [0.25, 0.3) is 23.6 Å². The van der Waals surface area contributed by atoms with E-state index in [1.807, 2.05) is 86.6 Å². The van der Waals surface area contributed by atoms with Gasteiger partial charge in [0.05, 0.1) is 11.4 Å². The van der Waals surface area contributed by atoms with Crippen LogP contribution in [0.2, 0.25) is 0 Å². The van der Waals surface area contributed by atoms with E-state index in [2.05, 4.69) is 0 Å². The molecule has 4 amide bonds. The maximum atomic E-state index is 14.1. The number of hydrogen-bond acceptors (Lipinski definition) is 4. The Bertz CT molecular complexity index is 2250. The Morgan fingerprint density at radius 2 is 0.696 bits per heavy atom. The van der Waals surface area contributed by atoms with Gasteiger partial charge in [-0.05, 0) is 92.7 Å². The average molecular weight is 599 g/mol. The van der Waals surface area contributed by atoms with Crippen molar-refractivity contribution in [2.24, 2.45) is 0 Å². The van der Waals surface area contributed by atoms with E-state index in [-0.39, 0.29) is 23.6 Å². The van der Waals surface area contributed by atoms with E-state index >= 15 is 0 Å². The fraction of sp³-hybridized carbons (Fsp3) is 0.100. The molecule has 7 aromatic rings. The summed E-state index contributed by atoms with van der Waals surface area (Å²) in [5.74, 6) is -1.38. The number of imide groups is 2. The second kappa shape index (κ2) is 9.31. The molecule has 0 unspecified atom stereocenters. The van der Waals surface area contributed by atoms with Gasteiger partial charge in [0, 0.05) is 33.0 Å². The Labute approximate surface area is 263 Å². The van der Waals surface area contributed by atoms with Crippen LogP contribution in [-0.2, 0) is 12.8 Å². The lowest BCUT2D eigenvalue weighted by Crippen LogP contribution is -2.41. The topological polar surface area (TPSA) is 74.8 Å². The first-order valence-corrected chi connectivity index (χ1v) is 15.6. The highest BCUT2D eigenvalue weighted by atomic mass is 16.2. The highest BCUT2D eigenvalue weighted by Crippen LogP contribution is 2.47. The number of anilines is 2. The minimum atomic E-state index is -0.346. The minimum Gasteiger partial charge on any atom is -0.268 e. The Morgan fingerprint density at radius 1 is 0.391 bits per heavy atom. The van der Waals surface area contributed by atoms with Crippen molar-refractivity contribution < 1.29 is 19.2 Å². The van der Waals surface area contributed by atoms with Gasteiger partial charge in [-0.25, -0.2) is 9.80 Å². The van der Waals surface area contributed by atoms with E-state index in [0.29, 0.717) is 57.2 Å². The Balaban J connectivity index is 1.31. The SMILES string of the molecule is CCc1ccccc1N1C(=O)c2ccc3c4ccc5c6c(ccc(c7ccc(c2c37)C1=O)c64)C(=O)N(c1ccccc1CC)C5=O. The predicted molar refractivity (Wildman–Crippen MR) is 182 cm³/mol. The van der Waals surface area contributed by atoms with E-state index in [4.69, 9.17) is 0 Å². The van der Waals surface area contributed by atoms with Gasteiger partial charge in [0.1, 0.15) is 0 Å². The van der Waals surface area contributed by atoms with Gasteiger partial charge in [-0.15, -0.1) is 0 Å². The zero-order valence-electron chi connectivity index (χ0n) is 25.2. The first-order chi connectivity index (χ1) is 22.4. The normalized spacial score (nSPS) is 14.6. The van der Waals surface area contributed by atoms with Gasteiger partial charge < -0.3 is 0 Å². The van der Waals surface area contributed by atoms with Crippen LogP contribution in [0.4, 0.5) is 11.4 Å². The number of aryl methyl sites for hydroxylation is 2. The molecule has 46 heavy (non-hydrogen) atoms. The van der Waals surface area contributed by atoms with E-state index in [1.165, 1.54) is 9.80 Å². The summed E-state index contributed by atoms with van der Waals surface area (Å²) < 4.78 is 0. The molecule has 0 aliphatic carbocycles. The Kier molecular flexibility index (Phi) is 5.37. The molecule has 0 fully saturated rings. The van der Waals surface area contributed by atoms with Gasteiger partial charge >= 0.3 is 0 Å². The van der Waals surface area contributed by atoms with Gasteiger partial charge in [-0.3, -0.25) is 19.2 Å². The molecule has 220 valence electrons. The summed E-state index contributed by atoms with van der Waals surface area (Å²) in [5.41, 5.74) is 4.97. The summed E-state index contributed by atoms with van der Waals surface area (Å²) in [6.45, 7) is 4.02. The number of para-hydroxylation sites is 2. The molecule has 9 rings (SSSR count). The number of rotatable bonds is 4. The number of carbonyl (C=O) groups excluding carboxylic acids is 4. The molecule has 0 saturated heterocycles. The molecule has 6 nitrogen and oxygen atoms in total. The lowest BCUT2D eigenvalue weighted by molar-refractivity contribution is 0.0877. The smallest absolute Gasteiger partial charge is 0.265 e. The van der Waals surface area contributed by atoms with Crippen molar-refractivity contribution in [2.75, 3.05) is 9.80 Å². The third-order valence-electron chi connectivity index (χ3n) is 9.86. The summed E-state index contributed by atoms with van der Waals surface area (Å²) in [6.07, 6.45) is 1.37. The summed E-state index contributed by atoms with van der Waals surface area (Å²) in [6, 6.07) is 30.0. The molecule has 0 radical (unpaired) electrons. The zero-order valence-corrected chi connectivity index (χ0v) is 25.2. The van der Waals surface area contributed by atoms with Crippen LogP contribution in [0.3, 0.4) is 0 Å². The van der Waals surface area contributed by atoms with Crippen molar-refractivity contribution in [3.8, 4) is 0 Å². The number of carbonyl (C=O) groups is 4. The lowest BCUT2D eigenvalue weighted by Gasteiger charge is -2.31. The largest absolute Gasteiger partial charge is 0.268 e. The molecule has 0 atom stereocenters. The average Bonchev–Trinajstić information content (AvgIpc) is 3.09. The Hall–Kier alpha value is -5.88. The quantitative estimate of drug-likeness (QED) is 0.116. The standard InChI is InChI=1S/C40H26N2O4/c1-3-21-9-5-7-11-31(21)41-37(43)27-17-13-23-25-15-19-29-36-30(40(46)42(39(29)45)32-12-8-6-10-22(32)4-2)20-16-26(34(25)36)24-14-18-28(38(41)44)35(27)33(23)24/h5-20H,3-4H2,1-2H3. The molecular formula is C40H26N2O4. The monoisotopic (exact) mass is 598 g/mol. The third-order valence-corrected chi connectivity index (χ3v) is 9.86. The molecule has 2 heterocycles. The van der Waals surface area contributed by atoms with Gasteiger partial charge in [0.15, 0.2) is 0 Å². The summed E-state index contributed by atoms with van der Waals surface area (Å²) >= 11 is 0. The molecule has 0 bridgehead atoms. The van der Waals surface area contributed by atoms with Crippen LogP contribution >= 0.6 is 0 Å². The third kappa shape index (κ3) is 3.20. The number of benzene rings is 7. The molecule has 2 aliphatic rings. The van der Waals surface area contributed by atoms with Gasteiger partial charge in [-0.1, -0.05) is 74.5 Å². The van der Waals surface area contributed by atoms with Crippen LogP contribution in [0, 0.1) is 0 Å². The predicted octanol–water partition coefficient (Wildman–Crippen LogP) is 8.46. The maximum absolute atomic E-state index is 14.1. The van der Waals surface area contributed by atoms with Crippen molar-refractivity contribution in [3.63, 3.8) is 0 Å². The number of hydrogen-bond donors (Lipinski definition) is 0. The van der Waals surface area contributed by atoms with Crippen molar-refractivity contribution in [2.45, 2.75) is 26.7 Å². The van der Waals surface area contributed by atoms with Crippen LogP contribution < -0.4 is 9.80 Å². The molecular weight excluding hydrogens is 572 g/mol. The van der Waals surface area contributed by atoms with Gasteiger partial charge in [0.2, 0.25) is 0 Å². The molecule has 6 heteroatoms.